The van der Waals surface area contributed by atoms with Gasteiger partial charge in [0.25, 0.3) is 0 Å². The van der Waals surface area contributed by atoms with Gasteiger partial charge in [0.05, 0.1) is 4.90 Å². The number of carbonyl (C=O) groups is 2. The Hall–Kier alpha value is -1.68. The van der Waals surface area contributed by atoms with Gasteiger partial charge in [0.15, 0.2) is 0 Å². The van der Waals surface area contributed by atoms with Crippen molar-refractivity contribution in [3.8, 4) is 0 Å². The van der Waals surface area contributed by atoms with E-state index in [1.807, 2.05) is 6.92 Å². The molecule has 0 atom stereocenters. The van der Waals surface area contributed by atoms with Gasteiger partial charge in [-0.1, -0.05) is 13.0 Å². The number of sulfonamides is 1. The molecule has 5 N–H and O–H groups in total. The SMILES string of the molecule is CCCNC(=O)CCC(=O)Nc1cccc(S(=O)(=O)NCCN)c1.Cl. The first-order chi connectivity index (χ1) is 11.4. The minimum atomic E-state index is -3.66. The molecule has 0 radical (unpaired) electrons. The number of benzene rings is 1. The summed E-state index contributed by atoms with van der Waals surface area (Å²) in [6.45, 7) is 2.84. The average molecular weight is 393 g/mol. The quantitative estimate of drug-likeness (QED) is 0.463. The van der Waals surface area contributed by atoms with Gasteiger partial charge >= 0.3 is 0 Å². The number of anilines is 1. The summed E-state index contributed by atoms with van der Waals surface area (Å²) in [7, 11) is -3.66. The molecular weight excluding hydrogens is 368 g/mol. The van der Waals surface area contributed by atoms with Gasteiger partial charge < -0.3 is 16.4 Å². The summed E-state index contributed by atoms with van der Waals surface area (Å²) in [5.41, 5.74) is 5.63. The maximum atomic E-state index is 12.0. The van der Waals surface area contributed by atoms with Crippen molar-refractivity contribution >= 4 is 39.9 Å². The van der Waals surface area contributed by atoms with Crippen LogP contribution in [0.1, 0.15) is 26.2 Å². The first-order valence-corrected chi connectivity index (χ1v) is 9.23. The third kappa shape index (κ3) is 8.82. The highest BCUT2D eigenvalue weighted by Gasteiger charge is 2.14. The number of nitrogens with two attached hydrogens (primary N) is 1. The summed E-state index contributed by atoms with van der Waals surface area (Å²) in [6, 6.07) is 5.89. The van der Waals surface area contributed by atoms with E-state index in [2.05, 4.69) is 15.4 Å². The fourth-order valence-corrected chi connectivity index (χ4v) is 2.91. The molecule has 8 nitrogen and oxygen atoms in total. The van der Waals surface area contributed by atoms with Crippen LogP contribution in [0.2, 0.25) is 0 Å². The minimum Gasteiger partial charge on any atom is -0.356 e. The van der Waals surface area contributed by atoms with Crippen LogP contribution in [-0.2, 0) is 19.6 Å². The Morgan fingerprint density at radius 2 is 1.80 bits per heavy atom. The van der Waals surface area contributed by atoms with Crippen molar-refractivity contribution in [2.24, 2.45) is 5.73 Å². The maximum Gasteiger partial charge on any atom is 0.240 e. The molecule has 0 spiro atoms. The van der Waals surface area contributed by atoms with Crippen molar-refractivity contribution in [3.63, 3.8) is 0 Å². The number of carbonyl (C=O) groups excluding carboxylic acids is 2. The summed E-state index contributed by atoms with van der Waals surface area (Å²) in [5, 5.41) is 5.27. The fraction of sp³-hybridized carbons (Fsp3) is 0.467. The molecule has 0 aliphatic heterocycles. The molecule has 142 valence electrons. The zero-order valence-electron chi connectivity index (χ0n) is 14.1. The Labute approximate surface area is 154 Å². The summed E-state index contributed by atoms with van der Waals surface area (Å²) < 4.78 is 26.4. The molecule has 0 heterocycles. The molecule has 0 fully saturated rings. The van der Waals surface area contributed by atoms with Crippen LogP contribution in [0, 0.1) is 0 Å². The van der Waals surface area contributed by atoms with E-state index < -0.39 is 10.0 Å². The Kier molecular flexibility index (Phi) is 11.0. The second-order valence-electron chi connectivity index (χ2n) is 5.11. The molecule has 1 rings (SSSR count). The lowest BCUT2D eigenvalue weighted by Gasteiger charge is -2.09. The van der Waals surface area contributed by atoms with Crippen LogP contribution in [0.25, 0.3) is 0 Å². The van der Waals surface area contributed by atoms with Gasteiger partial charge in [0, 0.05) is 38.2 Å². The van der Waals surface area contributed by atoms with E-state index in [1.54, 1.807) is 6.07 Å². The molecule has 10 heteroatoms. The van der Waals surface area contributed by atoms with E-state index in [0.29, 0.717) is 12.2 Å². The van der Waals surface area contributed by atoms with Crippen molar-refractivity contribution in [2.45, 2.75) is 31.1 Å². The van der Waals surface area contributed by atoms with Crippen LogP contribution in [0.5, 0.6) is 0 Å². The number of amides is 2. The van der Waals surface area contributed by atoms with Gasteiger partial charge in [0.2, 0.25) is 21.8 Å². The number of rotatable bonds is 10. The molecule has 0 unspecified atom stereocenters. The van der Waals surface area contributed by atoms with Crippen LogP contribution in [0.4, 0.5) is 5.69 Å². The van der Waals surface area contributed by atoms with Crippen molar-refractivity contribution in [1.82, 2.24) is 10.0 Å². The predicted octanol–water partition coefficient (Wildman–Crippen LogP) is 0.590. The maximum absolute atomic E-state index is 12.0. The Morgan fingerprint density at radius 1 is 1.12 bits per heavy atom. The molecule has 0 aliphatic carbocycles. The molecule has 1 aromatic carbocycles. The van der Waals surface area contributed by atoms with Crippen molar-refractivity contribution < 1.29 is 18.0 Å². The van der Waals surface area contributed by atoms with E-state index in [-0.39, 0.29) is 55.0 Å². The van der Waals surface area contributed by atoms with Crippen LogP contribution < -0.4 is 21.1 Å². The third-order valence-corrected chi connectivity index (χ3v) is 4.47. The largest absolute Gasteiger partial charge is 0.356 e. The smallest absolute Gasteiger partial charge is 0.240 e. The first-order valence-electron chi connectivity index (χ1n) is 7.75. The molecule has 1 aromatic rings. The third-order valence-electron chi connectivity index (χ3n) is 3.02. The predicted molar refractivity (Wildman–Crippen MR) is 99.1 cm³/mol. The van der Waals surface area contributed by atoms with E-state index in [4.69, 9.17) is 5.73 Å². The van der Waals surface area contributed by atoms with Crippen LogP contribution in [0.15, 0.2) is 29.2 Å². The topological polar surface area (TPSA) is 130 Å². The highest BCUT2D eigenvalue weighted by Crippen LogP contribution is 2.15. The molecule has 25 heavy (non-hydrogen) atoms. The van der Waals surface area contributed by atoms with Gasteiger partial charge in [-0.3, -0.25) is 9.59 Å². The number of nitrogens with one attached hydrogen (secondary N) is 3. The number of halogens is 1. The fourth-order valence-electron chi connectivity index (χ4n) is 1.82. The summed E-state index contributed by atoms with van der Waals surface area (Å²) >= 11 is 0. The molecular formula is C15H25ClN4O4S. The molecule has 2 amide bonds. The highest BCUT2D eigenvalue weighted by molar-refractivity contribution is 7.89. The number of hydrogen-bond acceptors (Lipinski definition) is 5. The Balaban J connectivity index is 0.00000576. The molecule has 0 aliphatic rings. The van der Waals surface area contributed by atoms with Gasteiger partial charge in [-0.25, -0.2) is 13.1 Å². The summed E-state index contributed by atoms with van der Waals surface area (Å²) in [4.78, 5) is 23.3. The van der Waals surface area contributed by atoms with Gasteiger partial charge in [-0.2, -0.15) is 0 Å². The lowest BCUT2D eigenvalue weighted by molar-refractivity contribution is -0.124. The molecule has 0 saturated carbocycles. The molecule has 0 saturated heterocycles. The monoisotopic (exact) mass is 392 g/mol. The Bertz CT molecular complexity index is 667. The van der Waals surface area contributed by atoms with Crippen LogP contribution in [-0.4, -0.2) is 39.9 Å². The Morgan fingerprint density at radius 3 is 2.44 bits per heavy atom. The van der Waals surface area contributed by atoms with Crippen molar-refractivity contribution in [1.29, 1.82) is 0 Å². The van der Waals surface area contributed by atoms with Gasteiger partial charge in [-0.15, -0.1) is 12.4 Å². The minimum absolute atomic E-state index is 0. The van der Waals surface area contributed by atoms with Crippen molar-refractivity contribution in [3.05, 3.63) is 24.3 Å². The summed E-state index contributed by atoms with van der Waals surface area (Å²) in [6.07, 6.45) is 0.942. The first kappa shape index (κ1) is 23.3. The average Bonchev–Trinajstić information content (AvgIpc) is 2.56. The summed E-state index contributed by atoms with van der Waals surface area (Å²) in [5.74, 6) is -0.541. The van der Waals surface area contributed by atoms with Gasteiger partial charge in [0.1, 0.15) is 0 Å². The lowest BCUT2D eigenvalue weighted by Crippen LogP contribution is -2.29. The van der Waals surface area contributed by atoms with Crippen LogP contribution in [0.3, 0.4) is 0 Å². The second-order valence-corrected chi connectivity index (χ2v) is 6.88. The van der Waals surface area contributed by atoms with Crippen molar-refractivity contribution in [2.75, 3.05) is 25.0 Å². The van der Waals surface area contributed by atoms with E-state index in [9.17, 15) is 18.0 Å². The standard InChI is InChI=1S/C15H24N4O4S.ClH/c1-2-9-17-14(20)6-7-15(21)19-12-4-3-5-13(11-12)24(22,23)18-10-8-16;/h3-5,11,18H,2,6-10,16H2,1H3,(H,17,20)(H,19,21);1H. The molecule has 0 aromatic heterocycles. The zero-order chi connectivity index (χ0) is 18.0. The van der Waals surface area contributed by atoms with Gasteiger partial charge in [-0.05, 0) is 24.6 Å². The van der Waals surface area contributed by atoms with E-state index >= 15 is 0 Å². The lowest BCUT2D eigenvalue weighted by atomic mass is 10.2. The molecule has 0 bridgehead atoms. The zero-order valence-corrected chi connectivity index (χ0v) is 15.7. The van der Waals surface area contributed by atoms with E-state index in [1.165, 1.54) is 18.2 Å². The van der Waals surface area contributed by atoms with E-state index in [0.717, 1.165) is 6.42 Å². The van der Waals surface area contributed by atoms with Crippen LogP contribution >= 0.6 is 12.4 Å². The second kappa shape index (κ2) is 11.8. The highest BCUT2D eigenvalue weighted by atomic mass is 35.5. The number of hydrogen-bond donors (Lipinski definition) is 4. The normalized spacial score (nSPS) is 10.6.